The molecule has 0 radical (unpaired) electrons. The van der Waals surface area contributed by atoms with Crippen LogP contribution in [0.5, 0.6) is 0 Å². The maximum Gasteiger partial charge on any atom is 0.261 e. The first-order valence-corrected chi connectivity index (χ1v) is 11.5. The molecule has 1 aliphatic rings. The van der Waals surface area contributed by atoms with Gasteiger partial charge < -0.3 is 25.6 Å². The lowest BCUT2D eigenvalue weighted by Gasteiger charge is -2.29. The van der Waals surface area contributed by atoms with Gasteiger partial charge >= 0.3 is 0 Å². The molecule has 170 valence electrons. The number of anilines is 4. The molecule has 3 aromatic heterocycles. The van der Waals surface area contributed by atoms with Crippen LogP contribution in [0.15, 0.2) is 23.5 Å². The molecule has 1 aliphatic heterocycles. The van der Waals surface area contributed by atoms with E-state index in [-0.39, 0.29) is 11.7 Å². The van der Waals surface area contributed by atoms with Crippen LogP contribution in [0.25, 0.3) is 5.78 Å². The maximum atomic E-state index is 12.7. The number of hydrogen-bond acceptors (Lipinski definition) is 11. The van der Waals surface area contributed by atoms with E-state index in [2.05, 4.69) is 46.0 Å². The minimum atomic E-state index is -0.163. The summed E-state index contributed by atoms with van der Waals surface area (Å²) >= 11 is 1.27. The maximum absolute atomic E-state index is 12.7. The zero-order chi connectivity index (χ0) is 22.3. The van der Waals surface area contributed by atoms with E-state index in [9.17, 15) is 4.79 Å². The molecule has 1 amide bonds. The van der Waals surface area contributed by atoms with Crippen LogP contribution in [-0.4, -0.2) is 80.6 Å². The van der Waals surface area contributed by atoms with Crippen molar-refractivity contribution in [3.05, 3.63) is 18.3 Å². The highest BCUT2D eigenvalue weighted by Gasteiger charge is 2.19. The quantitative estimate of drug-likeness (QED) is 0.401. The number of nitrogens with zero attached hydrogens (tertiary/aromatic N) is 7. The lowest BCUT2D eigenvalue weighted by molar-refractivity contribution is -0.113. The topological polar surface area (TPSA) is 134 Å². The minimum Gasteiger partial charge on any atom is -0.378 e. The molecule has 4 rings (SSSR count). The number of ether oxygens (including phenoxy) is 1. The molecular formula is C19H26N10O2S. The van der Waals surface area contributed by atoms with Crippen molar-refractivity contribution in [1.82, 2.24) is 29.5 Å². The molecule has 3 N–H and O–H groups in total. The van der Waals surface area contributed by atoms with Crippen LogP contribution < -0.4 is 20.9 Å². The number of thioether (sulfide) groups is 1. The van der Waals surface area contributed by atoms with Gasteiger partial charge in [0.15, 0.2) is 11.0 Å². The van der Waals surface area contributed by atoms with Crippen molar-refractivity contribution in [3.8, 4) is 0 Å². The SMILES string of the molecule is CCNc1nc(NCC)n2c(SCC(=O)Nc3cccnc3N3CCOCC3)nnc2n1. The molecule has 0 saturated carbocycles. The van der Waals surface area contributed by atoms with Gasteiger partial charge in [-0.25, -0.2) is 9.38 Å². The van der Waals surface area contributed by atoms with E-state index in [0.29, 0.717) is 54.8 Å². The summed E-state index contributed by atoms with van der Waals surface area (Å²) < 4.78 is 7.12. The normalized spacial score (nSPS) is 13.9. The standard InChI is InChI=1S/C19H26N10O2S/c1-3-20-16-24-17(21-4-2)29-18(25-16)26-27-19(29)32-12-14(30)23-13-6-5-7-22-15(13)28-8-10-31-11-9-28/h5-7H,3-4,8-12H2,1-2H3,(H,23,30)(H2,20,21,24,25,26). The average molecular weight is 459 g/mol. The molecule has 0 atom stereocenters. The van der Waals surface area contributed by atoms with Crippen molar-refractivity contribution < 1.29 is 9.53 Å². The van der Waals surface area contributed by atoms with Crippen molar-refractivity contribution in [3.63, 3.8) is 0 Å². The number of amides is 1. The number of rotatable bonds is 9. The fourth-order valence-corrected chi connectivity index (χ4v) is 3.96. The number of pyridine rings is 1. The first kappa shape index (κ1) is 22.0. The predicted octanol–water partition coefficient (Wildman–Crippen LogP) is 1.35. The van der Waals surface area contributed by atoms with E-state index in [4.69, 9.17) is 4.74 Å². The molecule has 1 saturated heterocycles. The Morgan fingerprint density at radius 2 is 1.97 bits per heavy atom. The van der Waals surface area contributed by atoms with Gasteiger partial charge in [-0.05, 0) is 26.0 Å². The van der Waals surface area contributed by atoms with Gasteiger partial charge in [-0.3, -0.25) is 4.79 Å². The highest BCUT2D eigenvalue weighted by atomic mass is 32.2. The van der Waals surface area contributed by atoms with Crippen molar-refractivity contribution in [2.24, 2.45) is 0 Å². The zero-order valence-corrected chi connectivity index (χ0v) is 18.9. The summed E-state index contributed by atoms with van der Waals surface area (Å²) in [6.45, 7) is 8.08. The molecule has 0 aliphatic carbocycles. The second-order valence-electron chi connectivity index (χ2n) is 6.86. The third-order valence-electron chi connectivity index (χ3n) is 4.62. The number of morpholine rings is 1. The van der Waals surface area contributed by atoms with Crippen molar-refractivity contribution in [2.75, 3.05) is 66.0 Å². The fraction of sp³-hybridized carbons (Fsp3) is 0.474. The van der Waals surface area contributed by atoms with Gasteiger partial charge in [-0.2, -0.15) is 9.97 Å². The molecule has 0 unspecified atom stereocenters. The Morgan fingerprint density at radius 3 is 2.75 bits per heavy atom. The predicted molar refractivity (Wildman–Crippen MR) is 124 cm³/mol. The monoisotopic (exact) mass is 458 g/mol. The first-order chi connectivity index (χ1) is 15.7. The van der Waals surface area contributed by atoms with Gasteiger partial charge in [0.25, 0.3) is 5.78 Å². The lowest BCUT2D eigenvalue weighted by atomic mass is 10.3. The van der Waals surface area contributed by atoms with Gasteiger partial charge in [-0.1, -0.05) is 11.8 Å². The molecule has 32 heavy (non-hydrogen) atoms. The van der Waals surface area contributed by atoms with Crippen LogP contribution in [0, 0.1) is 0 Å². The van der Waals surface area contributed by atoms with Crippen LogP contribution in [0.3, 0.4) is 0 Å². The Labute approximate surface area is 189 Å². The number of nitrogens with one attached hydrogen (secondary N) is 3. The summed E-state index contributed by atoms with van der Waals surface area (Å²) in [6.07, 6.45) is 1.72. The van der Waals surface area contributed by atoms with Gasteiger partial charge in [0.05, 0.1) is 24.7 Å². The number of aromatic nitrogens is 6. The van der Waals surface area contributed by atoms with Gasteiger partial charge in [0.1, 0.15) is 0 Å². The molecule has 1 fully saturated rings. The molecule has 12 nitrogen and oxygen atoms in total. The summed E-state index contributed by atoms with van der Waals surface area (Å²) in [5.74, 6) is 2.20. The Kier molecular flexibility index (Phi) is 7.17. The number of carbonyl (C=O) groups is 1. The minimum absolute atomic E-state index is 0.152. The van der Waals surface area contributed by atoms with E-state index < -0.39 is 0 Å². The van der Waals surface area contributed by atoms with Crippen molar-refractivity contribution >= 4 is 46.8 Å². The third-order valence-corrected chi connectivity index (χ3v) is 5.55. The summed E-state index contributed by atoms with van der Waals surface area (Å²) in [5.41, 5.74) is 0.679. The average Bonchev–Trinajstić information content (AvgIpc) is 3.22. The van der Waals surface area contributed by atoms with E-state index in [0.717, 1.165) is 18.9 Å². The highest BCUT2D eigenvalue weighted by molar-refractivity contribution is 7.99. The van der Waals surface area contributed by atoms with Gasteiger partial charge in [0.2, 0.25) is 17.8 Å². The number of fused-ring (bicyclic) bond motifs is 1. The Hall–Kier alpha value is -3.19. The Morgan fingerprint density at radius 1 is 1.16 bits per heavy atom. The van der Waals surface area contributed by atoms with E-state index in [1.54, 1.807) is 16.7 Å². The Bertz CT molecular complexity index is 1070. The smallest absolute Gasteiger partial charge is 0.261 e. The highest BCUT2D eigenvalue weighted by Crippen LogP contribution is 2.25. The number of hydrogen-bond donors (Lipinski definition) is 3. The third kappa shape index (κ3) is 4.99. The van der Waals surface area contributed by atoms with E-state index >= 15 is 0 Å². The molecule has 13 heteroatoms. The second-order valence-corrected chi connectivity index (χ2v) is 7.80. The van der Waals surface area contributed by atoms with Crippen LogP contribution in [0.1, 0.15) is 13.8 Å². The molecule has 0 spiro atoms. The second kappa shape index (κ2) is 10.4. The first-order valence-electron chi connectivity index (χ1n) is 10.5. The largest absolute Gasteiger partial charge is 0.378 e. The summed E-state index contributed by atoms with van der Waals surface area (Å²) in [5, 5.41) is 18.1. The molecule has 0 aromatic carbocycles. The van der Waals surface area contributed by atoms with Crippen LogP contribution in [0.2, 0.25) is 0 Å². The number of carbonyl (C=O) groups excluding carboxylic acids is 1. The summed E-state index contributed by atoms with van der Waals surface area (Å²) in [6, 6.07) is 3.66. The molecule has 3 aromatic rings. The van der Waals surface area contributed by atoms with Crippen molar-refractivity contribution in [2.45, 2.75) is 19.0 Å². The van der Waals surface area contributed by atoms with Gasteiger partial charge in [-0.15, -0.1) is 10.2 Å². The van der Waals surface area contributed by atoms with Gasteiger partial charge in [0, 0.05) is 32.4 Å². The summed E-state index contributed by atoms with van der Waals surface area (Å²) in [4.78, 5) is 28.1. The van der Waals surface area contributed by atoms with Crippen LogP contribution >= 0.6 is 11.8 Å². The van der Waals surface area contributed by atoms with E-state index in [1.165, 1.54) is 11.8 Å². The molecular weight excluding hydrogens is 432 g/mol. The molecule has 0 bridgehead atoms. The van der Waals surface area contributed by atoms with Crippen LogP contribution in [-0.2, 0) is 9.53 Å². The fourth-order valence-electron chi connectivity index (χ4n) is 3.24. The van der Waals surface area contributed by atoms with E-state index in [1.807, 2.05) is 19.9 Å². The van der Waals surface area contributed by atoms with Crippen LogP contribution in [0.4, 0.5) is 23.4 Å². The zero-order valence-electron chi connectivity index (χ0n) is 18.0. The van der Waals surface area contributed by atoms with Crippen molar-refractivity contribution in [1.29, 1.82) is 0 Å². The Balaban J connectivity index is 1.47. The lowest BCUT2D eigenvalue weighted by Crippen LogP contribution is -2.37. The molecule has 4 heterocycles. The summed E-state index contributed by atoms with van der Waals surface area (Å²) in [7, 11) is 0.